The van der Waals surface area contributed by atoms with Crippen molar-refractivity contribution in [3.8, 4) is 28.4 Å². The van der Waals surface area contributed by atoms with Crippen molar-refractivity contribution < 1.29 is 78.8 Å². The topological polar surface area (TPSA) is 428 Å². The standard InChI is InChI=1S/C22H19N3O2.C18H17N3O2.C18H16N2O3.C18H16N2O2.C16H20N2O3.C13H14N2O2.C10H10N2O2S/c26-22(27)14-21(25-12-11-23-15-25)17-6-8-19(9-7-17)24-20-10-5-16-3-1-2-4-18(16)13-20;22-18(23)12-17(21-11-10-19-13-21)14-6-8-16(9-7-14)20-15-4-2-1-3-5-15;21-18(22)12-17(20-11-10-19-13-20)14-6-8-16(9-7-14)23-15-4-2-1-3-5-15;21-18(22)12-17(20-11-10-19-13-20)16-8-6-15(7-9-16)14-4-2-1-3-5-14;1-16(2,3)21-13-6-4-12(5-7-13)14(10-15(19)20)18-9-8-17-11-18;1-10-2-4-11(5-3-10)12(8-13(16)17)15-7-6-14-9-15;13-10(14)6-8(9-2-1-5-15-9)12-4-3-11-7-12/h1-13,15,21,24H,14H2,(H,26,27);1-11,13,17,20H,12H2,(H,22,23);1-11,13,17H,12H2,(H,21,22);1-11,13,17H,12H2,(H,21,22);4-9,11,14H,10H2,1-3H3,(H,19,20);2-7,9,12H,8H2,1H3,(H,16,17);1-5,7-8H,6H2,(H,13,14). The van der Waals surface area contributed by atoms with Gasteiger partial charge in [0.25, 0.3) is 0 Å². The summed E-state index contributed by atoms with van der Waals surface area (Å²) in [6.07, 6.45) is 35.7. The number of anilines is 4. The molecule has 19 rings (SSSR count). The number of fused-ring (bicyclic) bond motifs is 1. The Morgan fingerprint density at radius 1 is 0.284 bits per heavy atom. The van der Waals surface area contributed by atoms with E-state index in [9.17, 15) is 38.7 Å². The van der Waals surface area contributed by atoms with Crippen molar-refractivity contribution in [3.05, 3.63) is 471 Å². The lowest BCUT2D eigenvalue weighted by atomic mass is 9.99. The maximum atomic E-state index is 11.2. The number of hydrogen-bond donors (Lipinski definition) is 9. The summed E-state index contributed by atoms with van der Waals surface area (Å²) >= 11 is 1.56. The molecule has 0 aliphatic rings. The van der Waals surface area contributed by atoms with Crippen molar-refractivity contribution in [2.24, 2.45) is 0 Å². The predicted molar refractivity (Wildman–Crippen MR) is 565 cm³/mol. The number of rotatable bonds is 36. The number of aryl methyl sites for hydroxylation is 1. The zero-order chi connectivity index (χ0) is 105. The first-order valence-corrected chi connectivity index (χ1v) is 48.0. The molecule has 0 saturated heterocycles. The number of thiophene rings is 1. The highest BCUT2D eigenvalue weighted by Gasteiger charge is 2.26. The summed E-state index contributed by atoms with van der Waals surface area (Å²) in [7, 11) is 0. The smallest absolute Gasteiger partial charge is 0.305 e. The molecule has 32 nitrogen and oxygen atoms in total. The van der Waals surface area contributed by atoms with Crippen LogP contribution in [0.2, 0.25) is 0 Å². The maximum absolute atomic E-state index is 11.2. The molecule has 0 aliphatic heterocycles. The van der Waals surface area contributed by atoms with Crippen molar-refractivity contribution >= 4 is 86.6 Å². The molecule has 0 saturated carbocycles. The van der Waals surface area contributed by atoms with E-state index in [1.807, 2.05) is 305 Å². The van der Waals surface area contributed by atoms with Crippen LogP contribution in [0.15, 0.2) is 428 Å². The summed E-state index contributed by atoms with van der Waals surface area (Å²) in [6.45, 7) is 7.96. The van der Waals surface area contributed by atoms with E-state index in [0.29, 0.717) is 5.75 Å². The number of para-hydroxylation sites is 2. The van der Waals surface area contributed by atoms with Gasteiger partial charge >= 0.3 is 41.8 Å². The average molecular weight is 2010 g/mol. The van der Waals surface area contributed by atoms with E-state index in [4.69, 9.17) is 40.1 Å². The number of carbonyl (C=O) groups is 7. The molecule has 7 unspecified atom stereocenters. The molecular weight excluding hydrogens is 1890 g/mol. The number of nitrogens with one attached hydrogen (secondary N) is 2. The number of hydrogen-bond acceptors (Lipinski definition) is 19. The monoisotopic (exact) mass is 2000 g/mol. The quantitative estimate of drug-likeness (QED) is 0.0176. The molecule has 0 aliphatic carbocycles. The highest BCUT2D eigenvalue weighted by Crippen LogP contribution is 2.35. The normalized spacial score (nSPS) is 12.2. The summed E-state index contributed by atoms with van der Waals surface area (Å²) in [4.78, 5) is 106. The molecule has 0 spiro atoms. The van der Waals surface area contributed by atoms with Gasteiger partial charge in [-0.25, -0.2) is 34.9 Å². The Hall–Kier alpha value is -18.7. The van der Waals surface area contributed by atoms with Gasteiger partial charge in [0.1, 0.15) is 22.8 Å². The molecule has 8 heterocycles. The van der Waals surface area contributed by atoms with Gasteiger partial charge in [-0.1, -0.05) is 206 Å². The highest BCUT2D eigenvalue weighted by molar-refractivity contribution is 7.10. The summed E-state index contributed by atoms with van der Waals surface area (Å²) < 4.78 is 24.2. The Morgan fingerprint density at radius 3 is 0.885 bits per heavy atom. The maximum Gasteiger partial charge on any atom is 0.305 e. The summed E-state index contributed by atoms with van der Waals surface area (Å²) in [5, 5.41) is 74.6. The van der Waals surface area contributed by atoms with Gasteiger partial charge in [-0.3, -0.25) is 33.6 Å². The van der Waals surface area contributed by atoms with Gasteiger partial charge in [0, 0.05) is 114 Å². The molecule has 19 aromatic rings. The number of carboxylic acids is 7. The van der Waals surface area contributed by atoms with Crippen molar-refractivity contribution in [2.75, 3.05) is 10.6 Å². The van der Waals surface area contributed by atoms with Crippen LogP contribution in [0.1, 0.15) is 152 Å². The van der Waals surface area contributed by atoms with Crippen LogP contribution >= 0.6 is 11.3 Å². The second-order valence-corrected chi connectivity index (χ2v) is 35.9. The summed E-state index contributed by atoms with van der Waals surface area (Å²) in [5.41, 5.74) is 12.7. The molecule has 0 bridgehead atoms. The average Bonchev–Trinajstić information content (AvgIpc) is 0.936. The molecule has 11 aromatic carbocycles. The van der Waals surface area contributed by atoms with Crippen LogP contribution in [-0.4, -0.2) is 150 Å². The predicted octanol–water partition coefficient (Wildman–Crippen LogP) is 23.3. The first kappa shape index (κ1) is 107. The van der Waals surface area contributed by atoms with Crippen molar-refractivity contribution in [2.45, 2.75) is 121 Å². The van der Waals surface area contributed by atoms with Gasteiger partial charge in [-0.05, 0) is 179 Å². The fraction of sp³-hybridized carbons (Fsp3) is 0.165. The molecular formula is C115H112N16O16S. The molecule has 7 atom stereocenters. The fourth-order valence-electron chi connectivity index (χ4n) is 16.1. The van der Waals surface area contributed by atoms with Crippen LogP contribution in [-0.2, 0) is 33.6 Å². The van der Waals surface area contributed by atoms with E-state index in [2.05, 4.69) is 88.0 Å². The van der Waals surface area contributed by atoms with Crippen LogP contribution in [0.4, 0.5) is 22.7 Å². The van der Waals surface area contributed by atoms with Crippen LogP contribution in [0, 0.1) is 6.92 Å². The Labute approximate surface area is 858 Å². The number of benzene rings is 11. The fourth-order valence-corrected chi connectivity index (χ4v) is 16.9. The Morgan fingerprint density at radius 2 is 0.554 bits per heavy atom. The van der Waals surface area contributed by atoms with Gasteiger partial charge in [-0.2, -0.15) is 0 Å². The van der Waals surface area contributed by atoms with Gasteiger partial charge in [0.15, 0.2) is 0 Å². The molecule has 0 fully saturated rings. The Kier molecular flexibility index (Phi) is 38.9. The van der Waals surface area contributed by atoms with E-state index in [-0.39, 0.29) is 92.8 Å². The van der Waals surface area contributed by atoms with E-state index in [1.165, 1.54) is 10.8 Å². The van der Waals surface area contributed by atoms with Crippen molar-refractivity contribution in [3.63, 3.8) is 0 Å². The number of aromatic nitrogens is 14. The first-order chi connectivity index (χ1) is 71.6. The second kappa shape index (κ2) is 54.0. The van der Waals surface area contributed by atoms with Crippen molar-refractivity contribution in [1.82, 2.24) is 66.9 Å². The van der Waals surface area contributed by atoms with E-state index >= 15 is 0 Å². The van der Waals surface area contributed by atoms with Crippen LogP contribution in [0.5, 0.6) is 17.2 Å². The van der Waals surface area contributed by atoms with Crippen LogP contribution in [0.25, 0.3) is 21.9 Å². The minimum atomic E-state index is -0.853. The zero-order valence-electron chi connectivity index (χ0n) is 81.4. The van der Waals surface area contributed by atoms with E-state index < -0.39 is 41.8 Å². The van der Waals surface area contributed by atoms with E-state index in [1.54, 1.807) is 152 Å². The second-order valence-electron chi connectivity index (χ2n) is 35.0. The minimum absolute atomic E-state index is 0.00471. The number of ether oxygens (including phenoxy) is 2. The van der Waals surface area contributed by atoms with Gasteiger partial charge in [0.05, 0.1) is 132 Å². The first-order valence-electron chi connectivity index (χ1n) is 47.2. The number of aliphatic carboxylic acids is 7. The molecule has 8 aromatic heterocycles. The number of nitrogens with zero attached hydrogens (tertiary/aromatic N) is 14. The lowest BCUT2D eigenvalue weighted by molar-refractivity contribution is -0.138. The summed E-state index contributed by atoms with van der Waals surface area (Å²) in [5.74, 6) is -3.58. The molecule has 9 N–H and O–H groups in total. The number of carboxylic acid groups (broad SMARTS) is 7. The highest BCUT2D eigenvalue weighted by atomic mass is 32.1. The molecule has 0 amide bonds. The summed E-state index contributed by atoms with van der Waals surface area (Å²) in [6, 6.07) is 92.7. The zero-order valence-corrected chi connectivity index (χ0v) is 82.2. The van der Waals surface area contributed by atoms with Crippen molar-refractivity contribution in [1.29, 1.82) is 0 Å². The Bertz CT molecular complexity index is 7030. The molecule has 33 heteroatoms. The van der Waals surface area contributed by atoms with Crippen LogP contribution in [0.3, 0.4) is 0 Å². The van der Waals surface area contributed by atoms with Crippen LogP contribution < -0.4 is 20.1 Å². The molecule has 148 heavy (non-hydrogen) atoms. The Balaban J connectivity index is 0.000000145. The largest absolute Gasteiger partial charge is 0.488 e. The molecule has 754 valence electrons. The lowest BCUT2D eigenvalue weighted by Gasteiger charge is -2.22. The van der Waals surface area contributed by atoms with Gasteiger partial charge in [-0.15, -0.1) is 11.3 Å². The van der Waals surface area contributed by atoms with Gasteiger partial charge < -0.3 is 87.8 Å². The molecule has 0 radical (unpaired) electrons. The minimum Gasteiger partial charge on any atom is -0.488 e. The third kappa shape index (κ3) is 33.5. The van der Waals surface area contributed by atoms with E-state index in [0.717, 1.165) is 89.2 Å². The number of imidazole rings is 7. The third-order valence-electron chi connectivity index (χ3n) is 23.1. The lowest BCUT2D eigenvalue weighted by Crippen LogP contribution is -2.23. The van der Waals surface area contributed by atoms with Gasteiger partial charge in [0.2, 0.25) is 0 Å². The SMILES string of the molecule is CC(C)(C)Oc1ccc(C(CC(=O)O)n2ccnc2)cc1.Cc1ccc(C(CC(=O)O)n2ccnc2)cc1.O=C(O)CC(c1ccc(-c2ccccc2)cc1)n1ccnc1.O=C(O)CC(c1ccc(Nc2ccc3ccccc3c2)cc1)n1ccnc1.O=C(O)CC(c1ccc(Nc2ccccc2)cc1)n1ccnc1.O=C(O)CC(c1ccc(Oc2ccccc2)cc1)n1ccnc1.O=C(O)CC(c1cccs1)n1ccnc1. The third-order valence-corrected chi connectivity index (χ3v) is 24.1.